The molecule has 1 saturated heterocycles. The van der Waals surface area contributed by atoms with Crippen LogP contribution in [0.15, 0.2) is 5.38 Å². The van der Waals surface area contributed by atoms with Gasteiger partial charge in [-0.05, 0) is 13.3 Å². The summed E-state index contributed by atoms with van der Waals surface area (Å²) in [4.78, 5) is 4.23. The van der Waals surface area contributed by atoms with E-state index in [2.05, 4.69) is 10.3 Å². The molecule has 0 spiro atoms. The van der Waals surface area contributed by atoms with E-state index in [4.69, 9.17) is 0 Å². The molecule has 0 aliphatic carbocycles. The highest BCUT2D eigenvalue weighted by atomic mass is 32.2. The molecule has 1 unspecified atom stereocenters. The summed E-state index contributed by atoms with van der Waals surface area (Å²) < 4.78 is 22.4. The predicted molar refractivity (Wildman–Crippen MR) is 57.5 cm³/mol. The summed E-state index contributed by atoms with van der Waals surface area (Å²) in [6.07, 6.45) is 0.695. The summed E-state index contributed by atoms with van der Waals surface area (Å²) in [6.45, 7) is 1.92. The van der Waals surface area contributed by atoms with Gasteiger partial charge >= 0.3 is 0 Å². The minimum absolute atomic E-state index is 0.0468. The molecule has 6 heteroatoms. The zero-order valence-corrected chi connectivity index (χ0v) is 9.49. The van der Waals surface area contributed by atoms with E-state index in [1.54, 1.807) is 0 Å². The Morgan fingerprint density at radius 2 is 2.43 bits per heavy atom. The zero-order valence-electron chi connectivity index (χ0n) is 7.86. The number of rotatable bonds is 2. The molecule has 0 bridgehead atoms. The largest absolute Gasteiger partial charge is 0.358 e. The molecule has 1 aliphatic rings. The van der Waals surface area contributed by atoms with Gasteiger partial charge in [0, 0.05) is 11.4 Å². The molecule has 0 aromatic carbocycles. The maximum absolute atomic E-state index is 11.2. The first-order chi connectivity index (χ1) is 6.55. The van der Waals surface area contributed by atoms with Crippen LogP contribution in [-0.4, -0.2) is 30.9 Å². The first kappa shape index (κ1) is 9.92. The maximum atomic E-state index is 11.2. The quantitative estimate of drug-likeness (QED) is 0.828. The van der Waals surface area contributed by atoms with Gasteiger partial charge in [0.05, 0.1) is 17.2 Å². The lowest BCUT2D eigenvalue weighted by Crippen LogP contribution is -2.20. The third kappa shape index (κ3) is 2.24. The number of hydrogen-bond donors (Lipinski definition) is 1. The molecule has 1 fully saturated rings. The van der Waals surface area contributed by atoms with Crippen molar-refractivity contribution in [2.75, 3.05) is 16.8 Å². The second-order valence-electron chi connectivity index (χ2n) is 3.54. The predicted octanol–water partition coefficient (Wildman–Crippen LogP) is 1.05. The van der Waals surface area contributed by atoms with Gasteiger partial charge in [0.15, 0.2) is 15.0 Å². The SMILES string of the molecule is Cc1csc(NC2CCS(=O)(=O)C2)n1. The molecule has 1 N–H and O–H groups in total. The number of thiazole rings is 1. The van der Waals surface area contributed by atoms with Gasteiger partial charge in [-0.2, -0.15) is 0 Å². The smallest absolute Gasteiger partial charge is 0.183 e. The maximum Gasteiger partial charge on any atom is 0.183 e. The van der Waals surface area contributed by atoms with E-state index in [1.807, 2.05) is 12.3 Å². The van der Waals surface area contributed by atoms with Gasteiger partial charge in [0.1, 0.15) is 0 Å². The number of nitrogens with one attached hydrogen (secondary N) is 1. The van der Waals surface area contributed by atoms with Crippen LogP contribution >= 0.6 is 11.3 Å². The van der Waals surface area contributed by atoms with Gasteiger partial charge in [-0.15, -0.1) is 11.3 Å². The first-order valence-corrected chi connectivity index (χ1v) is 7.14. The third-order valence-corrected chi connectivity index (χ3v) is 4.84. The van der Waals surface area contributed by atoms with Gasteiger partial charge in [-0.3, -0.25) is 0 Å². The minimum Gasteiger partial charge on any atom is -0.358 e. The molecular formula is C8H12N2O2S2. The van der Waals surface area contributed by atoms with Crippen LogP contribution < -0.4 is 5.32 Å². The molecule has 1 atom stereocenters. The second-order valence-corrected chi connectivity index (χ2v) is 6.63. The Labute approximate surface area is 87.3 Å². The van der Waals surface area contributed by atoms with Crippen LogP contribution in [0.25, 0.3) is 0 Å². The highest BCUT2D eigenvalue weighted by Crippen LogP contribution is 2.20. The van der Waals surface area contributed by atoms with Crippen LogP contribution in [0.2, 0.25) is 0 Å². The van der Waals surface area contributed by atoms with Crippen molar-refractivity contribution in [1.29, 1.82) is 0 Å². The molecule has 14 heavy (non-hydrogen) atoms. The number of anilines is 1. The Balaban J connectivity index is 2.00. The van der Waals surface area contributed by atoms with Crippen molar-refractivity contribution in [1.82, 2.24) is 4.98 Å². The van der Waals surface area contributed by atoms with Crippen molar-refractivity contribution in [3.8, 4) is 0 Å². The van der Waals surface area contributed by atoms with Gasteiger partial charge in [0.25, 0.3) is 0 Å². The number of aryl methyl sites for hydroxylation is 1. The topological polar surface area (TPSA) is 59.1 Å². The lowest BCUT2D eigenvalue weighted by atomic mass is 10.3. The lowest BCUT2D eigenvalue weighted by molar-refractivity contribution is 0.602. The van der Waals surface area contributed by atoms with Gasteiger partial charge in [-0.1, -0.05) is 0 Å². The molecule has 0 radical (unpaired) electrons. The van der Waals surface area contributed by atoms with E-state index in [0.29, 0.717) is 12.2 Å². The first-order valence-electron chi connectivity index (χ1n) is 4.44. The van der Waals surface area contributed by atoms with Crippen LogP contribution in [-0.2, 0) is 9.84 Å². The summed E-state index contributed by atoms with van der Waals surface area (Å²) >= 11 is 1.52. The van der Waals surface area contributed by atoms with E-state index in [0.717, 1.165) is 10.8 Å². The molecule has 1 aromatic rings. The summed E-state index contributed by atoms with van der Waals surface area (Å²) in [5.41, 5.74) is 0.971. The Kier molecular flexibility index (Phi) is 2.48. The molecule has 2 rings (SSSR count). The van der Waals surface area contributed by atoms with Gasteiger partial charge in [0.2, 0.25) is 0 Å². The van der Waals surface area contributed by atoms with Crippen molar-refractivity contribution in [2.24, 2.45) is 0 Å². The molecule has 2 heterocycles. The van der Waals surface area contributed by atoms with Crippen LogP contribution in [0.5, 0.6) is 0 Å². The van der Waals surface area contributed by atoms with Crippen LogP contribution in [0.4, 0.5) is 5.13 Å². The average molecular weight is 232 g/mol. The molecular weight excluding hydrogens is 220 g/mol. The van der Waals surface area contributed by atoms with Gasteiger partial charge in [-0.25, -0.2) is 13.4 Å². The molecule has 78 valence electrons. The van der Waals surface area contributed by atoms with Crippen molar-refractivity contribution in [3.63, 3.8) is 0 Å². The lowest BCUT2D eigenvalue weighted by Gasteiger charge is -2.07. The van der Waals surface area contributed by atoms with Crippen LogP contribution in [0, 0.1) is 6.92 Å². The average Bonchev–Trinajstić information content (AvgIpc) is 2.59. The number of sulfone groups is 1. The molecule has 0 saturated carbocycles. The summed E-state index contributed by atoms with van der Waals surface area (Å²) in [5.74, 6) is 0.542. The Morgan fingerprint density at radius 1 is 1.64 bits per heavy atom. The Morgan fingerprint density at radius 3 is 2.93 bits per heavy atom. The fraction of sp³-hybridized carbons (Fsp3) is 0.625. The second kappa shape index (κ2) is 3.51. The number of aromatic nitrogens is 1. The molecule has 1 aromatic heterocycles. The molecule has 1 aliphatic heterocycles. The zero-order chi connectivity index (χ0) is 10.2. The van der Waals surface area contributed by atoms with E-state index in [9.17, 15) is 8.42 Å². The van der Waals surface area contributed by atoms with Crippen LogP contribution in [0.1, 0.15) is 12.1 Å². The third-order valence-electron chi connectivity index (χ3n) is 2.18. The summed E-state index contributed by atoms with van der Waals surface area (Å²) in [6, 6.07) is 0.0468. The van der Waals surface area contributed by atoms with Crippen LogP contribution in [0.3, 0.4) is 0 Å². The minimum atomic E-state index is -2.79. The highest BCUT2D eigenvalue weighted by Gasteiger charge is 2.28. The number of hydrogen-bond acceptors (Lipinski definition) is 5. The Hall–Kier alpha value is -0.620. The normalized spacial score (nSPS) is 25.1. The molecule has 0 amide bonds. The monoisotopic (exact) mass is 232 g/mol. The van der Waals surface area contributed by atoms with E-state index in [1.165, 1.54) is 11.3 Å². The fourth-order valence-electron chi connectivity index (χ4n) is 1.50. The Bertz CT molecular complexity index is 424. The van der Waals surface area contributed by atoms with E-state index in [-0.39, 0.29) is 11.8 Å². The van der Waals surface area contributed by atoms with Crippen molar-refractivity contribution in [3.05, 3.63) is 11.1 Å². The highest BCUT2D eigenvalue weighted by molar-refractivity contribution is 7.91. The van der Waals surface area contributed by atoms with E-state index < -0.39 is 9.84 Å². The van der Waals surface area contributed by atoms with Crippen molar-refractivity contribution < 1.29 is 8.42 Å². The summed E-state index contributed by atoms with van der Waals surface area (Å²) in [7, 11) is -2.79. The fourth-order valence-corrected chi connectivity index (χ4v) is 3.94. The molecule has 4 nitrogen and oxygen atoms in total. The van der Waals surface area contributed by atoms with Crippen molar-refractivity contribution in [2.45, 2.75) is 19.4 Å². The van der Waals surface area contributed by atoms with E-state index >= 15 is 0 Å². The van der Waals surface area contributed by atoms with Crippen molar-refractivity contribution >= 4 is 26.3 Å². The summed E-state index contributed by atoms with van der Waals surface area (Å²) in [5, 5.41) is 5.92. The standard InChI is InChI=1S/C8H12N2O2S2/c1-6-4-13-8(9-6)10-7-2-3-14(11,12)5-7/h4,7H,2-3,5H2,1H3,(H,9,10). The van der Waals surface area contributed by atoms with Gasteiger partial charge < -0.3 is 5.32 Å². The number of nitrogens with zero attached hydrogens (tertiary/aromatic N) is 1.